The molecule has 4 rings (SSSR count). The van der Waals surface area contributed by atoms with E-state index in [0.29, 0.717) is 18.7 Å². The maximum absolute atomic E-state index is 12.6. The Balaban J connectivity index is 1.37. The molecule has 0 radical (unpaired) electrons. The molecule has 2 aliphatic rings. The van der Waals surface area contributed by atoms with Crippen LogP contribution in [0.4, 0.5) is 5.69 Å². The fraction of sp³-hybridized carbons (Fsp3) is 0.364. The normalized spacial score (nSPS) is 15.6. The standard InChI is InChI=1S/C22H24N2O2/c25-21(23-14-5-8-16-6-2-1-3-7-16)19-9-4-10-20-18(19)13-15-24(20)22(26)17-11-12-17/h1-4,6-7,9-10,17H,5,8,11-15H2,(H,23,25). The van der Waals surface area contributed by atoms with E-state index in [0.717, 1.165) is 43.4 Å². The number of rotatable bonds is 6. The number of hydrogen-bond donors (Lipinski definition) is 1. The van der Waals surface area contributed by atoms with Crippen LogP contribution in [0.5, 0.6) is 0 Å². The smallest absolute Gasteiger partial charge is 0.251 e. The Kier molecular flexibility index (Phi) is 4.74. The van der Waals surface area contributed by atoms with Crippen molar-refractivity contribution in [2.45, 2.75) is 32.1 Å². The maximum atomic E-state index is 12.6. The number of fused-ring (bicyclic) bond motifs is 1. The molecule has 0 bridgehead atoms. The summed E-state index contributed by atoms with van der Waals surface area (Å²) >= 11 is 0. The molecule has 0 unspecified atom stereocenters. The Bertz CT molecular complexity index is 812. The van der Waals surface area contributed by atoms with E-state index in [-0.39, 0.29) is 17.7 Å². The fourth-order valence-corrected chi connectivity index (χ4v) is 3.66. The molecule has 2 aromatic rings. The van der Waals surface area contributed by atoms with E-state index in [2.05, 4.69) is 17.4 Å². The van der Waals surface area contributed by atoms with Gasteiger partial charge >= 0.3 is 0 Å². The molecule has 4 heteroatoms. The molecule has 1 saturated carbocycles. The number of aryl methyl sites for hydroxylation is 1. The van der Waals surface area contributed by atoms with Gasteiger partial charge in [-0.1, -0.05) is 36.4 Å². The van der Waals surface area contributed by atoms with Gasteiger partial charge in [0.2, 0.25) is 5.91 Å². The number of nitrogens with one attached hydrogen (secondary N) is 1. The molecule has 1 fully saturated rings. The van der Waals surface area contributed by atoms with Gasteiger partial charge in [0, 0.05) is 30.3 Å². The number of carbonyl (C=O) groups is 2. The van der Waals surface area contributed by atoms with Crippen molar-refractivity contribution in [3.63, 3.8) is 0 Å². The molecule has 1 heterocycles. The number of amides is 2. The summed E-state index contributed by atoms with van der Waals surface area (Å²) in [7, 11) is 0. The van der Waals surface area contributed by atoms with Crippen LogP contribution in [0.15, 0.2) is 48.5 Å². The van der Waals surface area contributed by atoms with Crippen molar-refractivity contribution in [1.29, 1.82) is 0 Å². The van der Waals surface area contributed by atoms with E-state index < -0.39 is 0 Å². The highest BCUT2D eigenvalue weighted by atomic mass is 16.2. The van der Waals surface area contributed by atoms with Gasteiger partial charge in [0.15, 0.2) is 0 Å². The SMILES string of the molecule is O=C(NCCCc1ccccc1)c1cccc2c1CCN2C(=O)C1CC1. The summed E-state index contributed by atoms with van der Waals surface area (Å²) in [5.74, 6) is 0.399. The van der Waals surface area contributed by atoms with Crippen LogP contribution in [0.3, 0.4) is 0 Å². The van der Waals surface area contributed by atoms with Gasteiger partial charge in [-0.25, -0.2) is 0 Å². The van der Waals surface area contributed by atoms with E-state index in [9.17, 15) is 9.59 Å². The van der Waals surface area contributed by atoms with Crippen LogP contribution in [0, 0.1) is 5.92 Å². The lowest BCUT2D eigenvalue weighted by Crippen LogP contribution is -2.30. The first-order valence-electron chi connectivity index (χ1n) is 9.49. The molecule has 1 aliphatic heterocycles. The summed E-state index contributed by atoms with van der Waals surface area (Å²) in [6, 6.07) is 16.0. The molecular formula is C22H24N2O2. The maximum Gasteiger partial charge on any atom is 0.251 e. The van der Waals surface area contributed by atoms with Crippen LogP contribution in [-0.4, -0.2) is 24.9 Å². The molecule has 134 valence electrons. The van der Waals surface area contributed by atoms with Crippen molar-refractivity contribution in [3.05, 3.63) is 65.2 Å². The molecule has 0 aromatic heterocycles. The molecule has 0 saturated heterocycles. The average Bonchev–Trinajstić information content (AvgIpc) is 3.44. The highest BCUT2D eigenvalue weighted by Crippen LogP contribution is 2.37. The second kappa shape index (κ2) is 7.32. The van der Waals surface area contributed by atoms with Crippen molar-refractivity contribution in [2.24, 2.45) is 5.92 Å². The highest BCUT2D eigenvalue weighted by molar-refractivity contribution is 6.02. The average molecular weight is 348 g/mol. The predicted molar refractivity (Wildman–Crippen MR) is 102 cm³/mol. The Labute approximate surface area is 154 Å². The largest absolute Gasteiger partial charge is 0.352 e. The van der Waals surface area contributed by atoms with Gasteiger partial charge in [-0.05, 0) is 55.4 Å². The minimum absolute atomic E-state index is 0.0318. The van der Waals surface area contributed by atoms with E-state index in [1.54, 1.807) is 0 Å². The van der Waals surface area contributed by atoms with Crippen molar-refractivity contribution in [1.82, 2.24) is 5.32 Å². The Hall–Kier alpha value is -2.62. The highest BCUT2D eigenvalue weighted by Gasteiger charge is 2.37. The van der Waals surface area contributed by atoms with Gasteiger partial charge in [0.1, 0.15) is 0 Å². The lowest BCUT2D eigenvalue weighted by Gasteiger charge is -2.17. The minimum Gasteiger partial charge on any atom is -0.352 e. The third kappa shape index (κ3) is 3.50. The second-order valence-corrected chi connectivity index (χ2v) is 7.16. The zero-order valence-corrected chi connectivity index (χ0v) is 14.9. The number of carbonyl (C=O) groups excluding carboxylic acids is 2. The zero-order chi connectivity index (χ0) is 17.9. The van der Waals surface area contributed by atoms with Gasteiger partial charge in [0.05, 0.1) is 0 Å². The molecule has 2 aromatic carbocycles. The Morgan fingerprint density at radius 1 is 1.04 bits per heavy atom. The van der Waals surface area contributed by atoms with Gasteiger partial charge in [-0.2, -0.15) is 0 Å². The summed E-state index contributed by atoms with van der Waals surface area (Å²) in [6.45, 7) is 1.35. The topological polar surface area (TPSA) is 49.4 Å². The van der Waals surface area contributed by atoms with Gasteiger partial charge in [0.25, 0.3) is 5.91 Å². The van der Waals surface area contributed by atoms with E-state index >= 15 is 0 Å². The number of hydrogen-bond acceptors (Lipinski definition) is 2. The molecule has 26 heavy (non-hydrogen) atoms. The molecule has 1 N–H and O–H groups in total. The van der Waals surface area contributed by atoms with Crippen molar-refractivity contribution in [2.75, 3.05) is 18.0 Å². The Morgan fingerprint density at radius 3 is 2.62 bits per heavy atom. The summed E-state index contributed by atoms with van der Waals surface area (Å²) in [6.07, 6.45) is 4.65. The molecule has 2 amide bonds. The molecule has 0 spiro atoms. The number of benzene rings is 2. The van der Waals surface area contributed by atoms with E-state index in [1.807, 2.05) is 41.3 Å². The first-order valence-corrected chi connectivity index (χ1v) is 9.49. The number of nitrogens with zero attached hydrogens (tertiary/aromatic N) is 1. The molecule has 0 atom stereocenters. The van der Waals surface area contributed by atoms with Crippen LogP contribution in [0.2, 0.25) is 0 Å². The van der Waals surface area contributed by atoms with Crippen LogP contribution in [-0.2, 0) is 17.6 Å². The third-order valence-electron chi connectivity index (χ3n) is 5.24. The predicted octanol–water partition coefficient (Wildman–Crippen LogP) is 3.35. The zero-order valence-electron chi connectivity index (χ0n) is 14.9. The van der Waals surface area contributed by atoms with Crippen LogP contribution in [0.25, 0.3) is 0 Å². The van der Waals surface area contributed by atoms with E-state index in [4.69, 9.17) is 0 Å². The van der Waals surface area contributed by atoms with Crippen molar-refractivity contribution >= 4 is 17.5 Å². The molecule has 1 aliphatic carbocycles. The first kappa shape index (κ1) is 16.8. The van der Waals surface area contributed by atoms with Crippen LogP contribution in [0.1, 0.15) is 40.7 Å². The van der Waals surface area contributed by atoms with E-state index in [1.165, 1.54) is 5.56 Å². The van der Waals surface area contributed by atoms with Crippen molar-refractivity contribution in [3.8, 4) is 0 Å². The van der Waals surface area contributed by atoms with Crippen LogP contribution >= 0.6 is 0 Å². The Morgan fingerprint density at radius 2 is 1.85 bits per heavy atom. The monoisotopic (exact) mass is 348 g/mol. The summed E-state index contributed by atoms with van der Waals surface area (Å²) in [5.41, 5.74) is 3.95. The summed E-state index contributed by atoms with van der Waals surface area (Å²) < 4.78 is 0. The lowest BCUT2D eigenvalue weighted by molar-refractivity contribution is -0.119. The summed E-state index contributed by atoms with van der Waals surface area (Å²) in [5, 5.41) is 3.04. The third-order valence-corrected chi connectivity index (χ3v) is 5.24. The fourth-order valence-electron chi connectivity index (χ4n) is 3.66. The molecular weight excluding hydrogens is 324 g/mol. The summed E-state index contributed by atoms with van der Waals surface area (Å²) in [4.78, 5) is 26.9. The van der Waals surface area contributed by atoms with Gasteiger partial charge in [-0.15, -0.1) is 0 Å². The lowest BCUT2D eigenvalue weighted by atomic mass is 10.0. The molecule has 4 nitrogen and oxygen atoms in total. The van der Waals surface area contributed by atoms with Crippen molar-refractivity contribution < 1.29 is 9.59 Å². The minimum atomic E-state index is -0.0318. The van der Waals surface area contributed by atoms with Gasteiger partial charge in [-0.3, -0.25) is 9.59 Å². The van der Waals surface area contributed by atoms with Gasteiger partial charge < -0.3 is 10.2 Å². The number of anilines is 1. The quantitative estimate of drug-likeness (QED) is 0.814. The first-order chi connectivity index (χ1) is 12.7. The van der Waals surface area contributed by atoms with Crippen LogP contribution < -0.4 is 10.2 Å². The second-order valence-electron chi connectivity index (χ2n) is 7.16.